The molecular formula is C12H24. The van der Waals surface area contributed by atoms with Gasteiger partial charge in [0.15, 0.2) is 0 Å². The van der Waals surface area contributed by atoms with Crippen LogP contribution >= 0.6 is 0 Å². The molecule has 0 nitrogen and oxygen atoms in total. The van der Waals surface area contributed by atoms with Crippen LogP contribution in [-0.2, 0) is 0 Å². The summed E-state index contributed by atoms with van der Waals surface area (Å²) in [5, 5.41) is 0. The normalized spacial score (nSPS) is 38.2. The van der Waals surface area contributed by atoms with E-state index in [2.05, 4.69) is 34.6 Å². The molecular weight excluding hydrogens is 144 g/mol. The molecule has 0 aromatic heterocycles. The predicted molar refractivity (Wildman–Crippen MR) is 55.1 cm³/mol. The van der Waals surface area contributed by atoms with Gasteiger partial charge in [0, 0.05) is 0 Å². The molecule has 0 aliphatic heterocycles. The minimum Gasteiger partial charge on any atom is -0.0625 e. The summed E-state index contributed by atoms with van der Waals surface area (Å²) < 4.78 is 0. The second-order valence-electron chi connectivity index (χ2n) is 5.87. The van der Waals surface area contributed by atoms with Crippen molar-refractivity contribution >= 4 is 0 Å². The van der Waals surface area contributed by atoms with Crippen molar-refractivity contribution in [3.05, 3.63) is 0 Å². The third-order valence-corrected chi connectivity index (χ3v) is 3.54. The van der Waals surface area contributed by atoms with E-state index in [0.717, 1.165) is 17.8 Å². The molecule has 1 fully saturated rings. The first-order valence-electron chi connectivity index (χ1n) is 5.41. The lowest BCUT2D eigenvalue weighted by atomic mass is 9.65. The van der Waals surface area contributed by atoms with Crippen LogP contribution in [0.1, 0.15) is 53.9 Å². The standard InChI is InChI=1S/C12H24/c1-9-6-7-11(10(2)8-9)12(3,4)5/h9-11H,6-8H2,1-5H3/t9-,10-,11-/m1/s1. The third kappa shape index (κ3) is 2.24. The zero-order chi connectivity index (χ0) is 9.35. The van der Waals surface area contributed by atoms with Crippen LogP contribution in [0.4, 0.5) is 0 Å². The number of hydrogen-bond donors (Lipinski definition) is 0. The lowest BCUT2D eigenvalue weighted by molar-refractivity contribution is 0.0952. The van der Waals surface area contributed by atoms with Gasteiger partial charge in [0.25, 0.3) is 0 Å². The molecule has 1 aliphatic rings. The predicted octanol–water partition coefficient (Wildman–Crippen LogP) is 4.10. The van der Waals surface area contributed by atoms with Gasteiger partial charge in [-0.1, -0.05) is 41.0 Å². The molecule has 0 unspecified atom stereocenters. The monoisotopic (exact) mass is 168 g/mol. The highest BCUT2D eigenvalue weighted by Gasteiger charge is 2.33. The highest BCUT2D eigenvalue weighted by atomic mass is 14.4. The Balaban J connectivity index is 2.57. The first-order chi connectivity index (χ1) is 5.41. The van der Waals surface area contributed by atoms with Crippen LogP contribution in [0.25, 0.3) is 0 Å². The van der Waals surface area contributed by atoms with E-state index in [9.17, 15) is 0 Å². The average molecular weight is 168 g/mol. The lowest BCUT2D eigenvalue weighted by Crippen LogP contribution is -2.31. The van der Waals surface area contributed by atoms with Gasteiger partial charge in [-0.25, -0.2) is 0 Å². The summed E-state index contributed by atoms with van der Waals surface area (Å²) >= 11 is 0. The second-order valence-corrected chi connectivity index (χ2v) is 5.87. The summed E-state index contributed by atoms with van der Waals surface area (Å²) in [6.07, 6.45) is 4.35. The Labute approximate surface area is 77.7 Å². The maximum Gasteiger partial charge on any atom is -0.0339 e. The SMILES string of the molecule is C[C@@H]1CC[C@@H](C(C)(C)C)[C@H](C)C1. The van der Waals surface area contributed by atoms with E-state index in [4.69, 9.17) is 0 Å². The van der Waals surface area contributed by atoms with Crippen molar-refractivity contribution in [1.29, 1.82) is 0 Å². The Kier molecular flexibility index (Phi) is 2.85. The molecule has 1 rings (SSSR count). The van der Waals surface area contributed by atoms with Gasteiger partial charge in [-0.05, 0) is 36.0 Å². The van der Waals surface area contributed by atoms with Crippen molar-refractivity contribution in [2.75, 3.05) is 0 Å². The molecule has 0 aromatic rings. The third-order valence-electron chi connectivity index (χ3n) is 3.54. The van der Waals surface area contributed by atoms with E-state index in [-0.39, 0.29) is 0 Å². The fourth-order valence-electron chi connectivity index (χ4n) is 2.95. The van der Waals surface area contributed by atoms with Crippen LogP contribution < -0.4 is 0 Å². The molecule has 1 saturated carbocycles. The van der Waals surface area contributed by atoms with Crippen LogP contribution in [0.5, 0.6) is 0 Å². The molecule has 3 atom stereocenters. The number of hydrogen-bond acceptors (Lipinski definition) is 0. The first kappa shape index (κ1) is 10.1. The average Bonchev–Trinajstić information content (AvgIpc) is 1.83. The molecule has 0 heteroatoms. The zero-order valence-electron chi connectivity index (χ0n) is 9.35. The van der Waals surface area contributed by atoms with Crippen LogP contribution in [0.2, 0.25) is 0 Å². The van der Waals surface area contributed by atoms with Gasteiger partial charge < -0.3 is 0 Å². The van der Waals surface area contributed by atoms with Crippen LogP contribution in [0, 0.1) is 23.2 Å². The largest absolute Gasteiger partial charge is 0.0625 e. The van der Waals surface area contributed by atoms with Gasteiger partial charge >= 0.3 is 0 Å². The molecule has 0 radical (unpaired) electrons. The van der Waals surface area contributed by atoms with E-state index in [1.807, 2.05) is 0 Å². The Bertz CT molecular complexity index is 141. The Hall–Kier alpha value is 0. The molecule has 12 heavy (non-hydrogen) atoms. The van der Waals surface area contributed by atoms with Gasteiger partial charge in [0.1, 0.15) is 0 Å². The molecule has 0 amide bonds. The van der Waals surface area contributed by atoms with E-state index >= 15 is 0 Å². The fraction of sp³-hybridized carbons (Fsp3) is 1.00. The van der Waals surface area contributed by atoms with Crippen molar-refractivity contribution in [2.45, 2.75) is 53.9 Å². The van der Waals surface area contributed by atoms with E-state index in [0.29, 0.717) is 5.41 Å². The van der Waals surface area contributed by atoms with Crippen molar-refractivity contribution < 1.29 is 0 Å². The molecule has 0 N–H and O–H groups in total. The van der Waals surface area contributed by atoms with Crippen molar-refractivity contribution in [2.24, 2.45) is 23.2 Å². The lowest BCUT2D eigenvalue weighted by Gasteiger charge is -2.41. The molecule has 0 spiro atoms. The van der Waals surface area contributed by atoms with Crippen LogP contribution in [0.15, 0.2) is 0 Å². The highest BCUT2D eigenvalue weighted by molar-refractivity contribution is 4.83. The summed E-state index contributed by atoms with van der Waals surface area (Å²) in [6, 6.07) is 0. The van der Waals surface area contributed by atoms with Gasteiger partial charge in [-0.2, -0.15) is 0 Å². The fourth-order valence-corrected chi connectivity index (χ4v) is 2.95. The van der Waals surface area contributed by atoms with Gasteiger partial charge in [-0.15, -0.1) is 0 Å². The van der Waals surface area contributed by atoms with Gasteiger partial charge in [-0.3, -0.25) is 0 Å². The minimum absolute atomic E-state index is 0.527. The highest BCUT2D eigenvalue weighted by Crippen LogP contribution is 2.43. The maximum atomic E-state index is 2.44. The first-order valence-corrected chi connectivity index (χ1v) is 5.41. The maximum absolute atomic E-state index is 2.44. The Morgan fingerprint density at radius 3 is 2.00 bits per heavy atom. The van der Waals surface area contributed by atoms with Crippen molar-refractivity contribution in [3.8, 4) is 0 Å². The van der Waals surface area contributed by atoms with E-state index < -0.39 is 0 Å². The van der Waals surface area contributed by atoms with Crippen LogP contribution in [-0.4, -0.2) is 0 Å². The topological polar surface area (TPSA) is 0 Å². The summed E-state index contributed by atoms with van der Waals surface area (Å²) in [5.41, 5.74) is 0.527. The van der Waals surface area contributed by atoms with Crippen molar-refractivity contribution in [1.82, 2.24) is 0 Å². The number of rotatable bonds is 0. The molecule has 0 bridgehead atoms. The molecule has 0 heterocycles. The van der Waals surface area contributed by atoms with Crippen molar-refractivity contribution in [3.63, 3.8) is 0 Å². The van der Waals surface area contributed by atoms with Gasteiger partial charge in [0.2, 0.25) is 0 Å². The minimum atomic E-state index is 0.527. The second kappa shape index (κ2) is 3.40. The Morgan fingerprint density at radius 2 is 1.58 bits per heavy atom. The summed E-state index contributed by atoms with van der Waals surface area (Å²) in [5.74, 6) is 2.86. The molecule has 0 aromatic carbocycles. The smallest absolute Gasteiger partial charge is 0.0339 e. The molecule has 1 aliphatic carbocycles. The van der Waals surface area contributed by atoms with E-state index in [1.165, 1.54) is 19.3 Å². The van der Waals surface area contributed by atoms with Gasteiger partial charge in [0.05, 0.1) is 0 Å². The van der Waals surface area contributed by atoms with Crippen LogP contribution in [0.3, 0.4) is 0 Å². The van der Waals surface area contributed by atoms with E-state index in [1.54, 1.807) is 0 Å². The molecule has 0 saturated heterocycles. The summed E-state index contributed by atoms with van der Waals surface area (Å²) in [7, 11) is 0. The molecule has 72 valence electrons. The zero-order valence-corrected chi connectivity index (χ0v) is 9.35. The Morgan fingerprint density at radius 1 is 1.00 bits per heavy atom. The quantitative estimate of drug-likeness (QED) is 0.511. The summed E-state index contributed by atoms with van der Waals surface area (Å²) in [4.78, 5) is 0. The summed E-state index contributed by atoms with van der Waals surface area (Å²) in [6.45, 7) is 12.0.